The van der Waals surface area contributed by atoms with Crippen LogP contribution in [-0.2, 0) is 4.79 Å². The number of hydrogen-bond donors (Lipinski definition) is 1. The number of carbonyl (C=O) groups is 1. The van der Waals surface area contributed by atoms with Gasteiger partial charge in [0.1, 0.15) is 0 Å². The van der Waals surface area contributed by atoms with Crippen LogP contribution in [0.2, 0.25) is 0 Å². The first kappa shape index (κ1) is 18.0. The van der Waals surface area contributed by atoms with E-state index >= 15 is 0 Å². The van der Waals surface area contributed by atoms with Gasteiger partial charge in [-0.1, -0.05) is 57.4 Å². The number of nitrogens with one attached hydrogen (secondary N) is 1. The summed E-state index contributed by atoms with van der Waals surface area (Å²) in [4.78, 5) is 12.5. The van der Waals surface area contributed by atoms with Crippen molar-refractivity contribution in [1.82, 2.24) is 5.32 Å². The van der Waals surface area contributed by atoms with Gasteiger partial charge in [-0.3, -0.25) is 4.79 Å². The second-order valence-corrected chi connectivity index (χ2v) is 6.99. The molecular formula is C19H33NO. The minimum absolute atomic E-state index is 0.130. The Kier molecular flexibility index (Phi) is 7.77. The van der Waals surface area contributed by atoms with Crippen LogP contribution in [0.1, 0.15) is 72.6 Å². The van der Waals surface area contributed by atoms with Crippen molar-refractivity contribution in [3.8, 4) is 0 Å². The Morgan fingerprint density at radius 3 is 2.62 bits per heavy atom. The number of allylic oxidation sites excluding steroid dienone is 4. The highest BCUT2D eigenvalue weighted by molar-refractivity contribution is 5.79. The first-order chi connectivity index (χ1) is 9.98. The van der Waals surface area contributed by atoms with Crippen molar-refractivity contribution in [2.24, 2.45) is 11.8 Å². The molecule has 0 radical (unpaired) electrons. The first-order valence-electron chi connectivity index (χ1n) is 8.64. The number of hydrogen-bond acceptors (Lipinski definition) is 1. The summed E-state index contributed by atoms with van der Waals surface area (Å²) in [6.45, 7) is 8.62. The monoisotopic (exact) mass is 291 g/mol. The van der Waals surface area contributed by atoms with Crippen LogP contribution in [0.15, 0.2) is 24.3 Å². The fourth-order valence-electron chi connectivity index (χ4n) is 3.09. The van der Waals surface area contributed by atoms with E-state index in [9.17, 15) is 4.79 Å². The van der Waals surface area contributed by atoms with Crippen LogP contribution in [0, 0.1) is 11.8 Å². The zero-order chi connectivity index (χ0) is 15.7. The molecule has 0 saturated heterocycles. The second kappa shape index (κ2) is 9.07. The number of rotatable bonds is 9. The third-order valence-corrected chi connectivity index (χ3v) is 4.32. The van der Waals surface area contributed by atoms with Crippen LogP contribution in [0.4, 0.5) is 0 Å². The summed E-state index contributed by atoms with van der Waals surface area (Å²) in [6.07, 6.45) is 16.4. The van der Waals surface area contributed by atoms with Crippen LogP contribution in [0.3, 0.4) is 0 Å². The standard InChI is InChI=1S/C19H33NO/c1-5-7-9-14-17(6-2)18(21)20-19(3,4)15-16-12-10-8-11-13-16/h8,10-12,16-17H,5-7,9,13-15H2,1-4H3,(H,20,21). The van der Waals surface area contributed by atoms with Gasteiger partial charge in [-0.05, 0) is 45.4 Å². The largest absolute Gasteiger partial charge is 0.351 e. The van der Waals surface area contributed by atoms with Crippen LogP contribution >= 0.6 is 0 Å². The molecule has 1 aliphatic carbocycles. The van der Waals surface area contributed by atoms with E-state index in [0.717, 1.165) is 25.7 Å². The molecule has 0 aromatic carbocycles. The van der Waals surface area contributed by atoms with E-state index in [-0.39, 0.29) is 17.4 Å². The van der Waals surface area contributed by atoms with Gasteiger partial charge in [0.05, 0.1) is 0 Å². The van der Waals surface area contributed by atoms with Crippen molar-refractivity contribution >= 4 is 5.91 Å². The summed E-state index contributed by atoms with van der Waals surface area (Å²) in [7, 11) is 0. The lowest BCUT2D eigenvalue weighted by molar-refractivity contribution is -0.127. The van der Waals surface area contributed by atoms with Crippen LogP contribution in [0.5, 0.6) is 0 Å². The molecule has 0 spiro atoms. The quantitative estimate of drug-likeness (QED) is 0.594. The lowest BCUT2D eigenvalue weighted by atomic mass is 9.86. The van der Waals surface area contributed by atoms with Crippen LogP contribution in [0.25, 0.3) is 0 Å². The topological polar surface area (TPSA) is 29.1 Å². The van der Waals surface area contributed by atoms with Gasteiger partial charge in [-0.15, -0.1) is 0 Å². The molecule has 2 heteroatoms. The van der Waals surface area contributed by atoms with Crippen molar-refractivity contribution in [2.75, 3.05) is 0 Å². The molecule has 1 rings (SSSR count). The molecule has 0 fully saturated rings. The Bertz CT molecular complexity index is 368. The minimum Gasteiger partial charge on any atom is -0.351 e. The Hall–Kier alpha value is -1.05. The molecule has 2 unspecified atom stereocenters. The highest BCUT2D eigenvalue weighted by atomic mass is 16.2. The first-order valence-corrected chi connectivity index (χ1v) is 8.64. The van der Waals surface area contributed by atoms with Gasteiger partial charge in [0, 0.05) is 11.5 Å². The summed E-state index contributed by atoms with van der Waals surface area (Å²) in [5, 5.41) is 3.28. The lowest BCUT2D eigenvalue weighted by Crippen LogP contribution is -2.47. The summed E-state index contributed by atoms with van der Waals surface area (Å²) >= 11 is 0. The van der Waals surface area contributed by atoms with Gasteiger partial charge < -0.3 is 5.32 Å². The Balaban J connectivity index is 2.45. The molecule has 0 aliphatic heterocycles. The molecule has 1 aliphatic rings. The summed E-state index contributed by atoms with van der Waals surface area (Å²) in [6, 6.07) is 0. The third kappa shape index (κ3) is 6.97. The van der Waals surface area contributed by atoms with E-state index in [1.54, 1.807) is 0 Å². The lowest BCUT2D eigenvalue weighted by Gasteiger charge is -2.31. The van der Waals surface area contributed by atoms with Crippen molar-refractivity contribution < 1.29 is 4.79 Å². The Labute approximate surface area is 131 Å². The smallest absolute Gasteiger partial charge is 0.223 e. The van der Waals surface area contributed by atoms with Crippen LogP contribution < -0.4 is 5.32 Å². The van der Waals surface area contributed by atoms with E-state index in [0.29, 0.717) is 5.92 Å². The van der Waals surface area contributed by atoms with Crippen molar-refractivity contribution in [1.29, 1.82) is 0 Å². The maximum Gasteiger partial charge on any atom is 0.223 e. The van der Waals surface area contributed by atoms with E-state index in [1.807, 2.05) is 0 Å². The number of unbranched alkanes of at least 4 members (excludes halogenated alkanes) is 2. The van der Waals surface area contributed by atoms with Gasteiger partial charge in [0.25, 0.3) is 0 Å². The molecule has 0 aromatic rings. The molecule has 2 nitrogen and oxygen atoms in total. The van der Waals surface area contributed by atoms with Gasteiger partial charge in [-0.2, -0.15) is 0 Å². The molecule has 1 amide bonds. The molecule has 0 bridgehead atoms. The van der Waals surface area contributed by atoms with Crippen molar-refractivity contribution in [3.05, 3.63) is 24.3 Å². The molecule has 0 aromatic heterocycles. The van der Waals surface area contributed by atoms with Crippen molar-refractivity contribution in [3.63, 3.8) is 0 Å². The summed E-state index contributed by atoms with van der Waals surface area (Å²) in [5.41, 5.74) is -0.130. The number of carbonyl (C=O) groups excluding carboxylic acids is 1. The van der Waals surface area contributed by atoms with Crippen molar-refractivity contribution in [2.45, 2.75) is 78.2 Å². The molecule has 120 valence electrons. The van der Waals surface area contributed by atoms with E-state index in [1.165, 1.54) is 19.3 Å². The Morgan fingerprint density at radius 1 is 1.29 bits per heavy atom. The summed E-state index contributed by atoms with van der Waals surface area (Å²) < 4.78 is 0. The maximum atomic E-state index is 12.5. The zero-order valence-corrected chi connectivity index (χ0v) is 14.3. The molecule has 1 N–H and O–H groups in total. The fraction of sp³-hybridized carbons (Fsp3) is 0.737. The average Bonchev–Trinajstić information content (AvgIpc) is 2.43. The van der Waals surface area contributed by atoms with Gasteiger partial charge in [0.2, 0.25) is 5.91 Å². The Morgan fingerprint density at radius 2 is 2.05 bits per heavy atom. The third-order valence-electron chi connectivity index (χ3n) is 4.32. The van der Waals surface area contributed by atoms with Gasteiger partial charge >= 0.3 is 0 Å². The molecule has 0 heterocycles. The zero-order valence-electron chi connectivity index (χ0n) is 14.3. The fourth-order valence-corrected chi connectivity index (χ4v) is 3.09. The van der Waals surface area contributed by atoms with E-state index in [2.05, 4.69) is 57.3 Å². The second-order valence-electron chi connectivity index (χ2n) is 6.99. The SMILES string of the molecule is CCCCCC(CC)C(=O)NC(C)(C)CC1C=CC=CC1. The molecule has 21 heavy (non-hydrogen) atoms. The van der Waals surface area contributed by atoms with Gasteiger partial charge in [-0.25, -0.2) is 0 Å². The van der Waals surface area contributed by atoms with Crippen LogP contribution in [-0.4, -0.2) is 11.4 Å². The normalized spacial score (nSPS) is 19.5. The predicted octanol–water partition coefficient (Wildman–Crippen LogP) is 5.01. The van der Waals surface area contributed by atoms with E-state index < -0.39 is 0 Å². The van der Waals surface area contributed by atoms with E-state index in [4.69, 9.17) is 0 Å². The van der Waals surface area contributed by atoms with Gasteiger partial charge in [0.15, 0.2) is 0 Å². The minimum atomic E-state index is -0.130. The number of amides is 1. The molecule has 0 saturated carbocycles. The average molecular weight is 291 g/mol. The summed E-state index contributed by atoms with van der Waals surface area (Å²) in [5.74, 6) is 0.969. The highest BCUT2D eigenvalue weighted by Gasteiger charge is 2.27. The predicted molar refractivity (Wildman–Crippen MR) is 91.1 cm³/mol. The molecular weight excluding hydrogens is 258 g/mol. The molecule has 2 atom stereocenters. The highest BCUT2D eigenvalue weighted by Crippen LogP contribution is 2.24. The maximum absolute atomic E-state index is 12.5.